The van der Waals surface area contributed by atoms with Crippen LogP contribution in [0.5, 0.6) is 0 Å². The minimum atomic E-state index is 0.146. The summed E-state index contributed by atoms with van der Waals surface area (Å²) in [4.78, 5) is 12.1. The van der Waals surface area contributed by atoms with E-state index in [-0.39, 0.29) is 11.8 Å². The Morgan fingerprint density at radius 2 is 2.10 bits per heavy atom. The van der Waals surface area contributed by atoms with Gasteiger partial charge in [0, 0.05) is 18.2 Å². The predicted octanol–water partition coefficient (Wildman–Crippen LogP) is 2.42. The molecule has 1 amide bonds. The summed E-state index contributed by atoms with van der Waals surface area (Å²) in [5.41, 5.74) is 3.43. The normalized spacial score (nSPS) is 20.3. The van der Waals surface area contributed by atoms with Gasteiger partial charge in [0.2, 0.25) is 5.91 Å². The van der Waals surface area contributed by atoms with Gasteiger partial charge in [0.25, 0.3) is 0 Å². The Labute approximate surface area is 125 Å². The third-order valence-corrected chi connectivity index (χ3v) is 4.08. The number of amides is 1. The average molecular weight is 283 g/mol. The molecule has 1 aromatic heterocycles. The molecule has 3 rings (SSSR count). The van der Waals surface area contributed by atoms with Crippen molar-refractivity contribution < 1.29 is 4.79 Å². The van der Waals surface area contributed by atoms with Crippen molar-refractivity contribution in [2.75, 3.05) is 6.54 Å². The maximum atomic E-state index is 12.1. The highest BCUT2D eigenvalue weighted by Gasteiger charge is 2.43. The maximum Gasteiger partial charge on any atom is 0.223 e. The van der Waals surface area contributed by atoms with E-state index >= 15 is 0 Å². The first-order valence-electron chi connectivity index (χ1n) is 7.49. The lowest BCUT2D eigenvalue weighted by Gasteiger charge is -2.07. The molecule has 1 heterocycles. The molecular formula is C17H21N3O. The third kappa shape index (κ3) is 3.15. The molecule has 0 unspecified atom stereocenters. The Hall–Kier alpha value is -2.10. The zero-order chi connectivity index (χ0) is 14.8. The predicted molar refractivity (Wildman–Crippen MR) is 82.0 cm³/mol. The van der Waals surface area contributed by atoms with Crippen LogP contribution in [0.25, 0.3) is 0 Å². The number of carbonyl (C=O) groups is 1. The summed E-state index contributed by atoms with van der Waals surface area (Å²) in [7, 11) is 0. The molecule has 2 atom stereocenters. The molecular weight excluding hydrogens is 262 g/mol. The van der Waals surface area contributed by atoms with Crippen LogP contribution in [-0.2, 0) is 11.3 Å². The Morgan fingerprint density at radius 3 is 2.76 bits per heavy atom. The zero-order valence-electron chi connectivity index (χ0n) is 12.5. The number of aromatic nitrogens is 2. The summed E-state index contributed by atoms with van der Waals surface area (Å²) in [6.45, 7) is 5.39. The number of hydrogen-bond donors (Lipinski definition) is 1. The Kier molecular flexibility index (Phi) is 3.78. The molecule has 1 N–H and O–H groups in total. The maximum absolute atomic E-state index is 12.1. The van der Waals surface area contributed by atoms with E-state index in [1.165, 1.54) is 5.56 Å². The molecule has 4 heteroatoms. The highest BCUT2D eigenvalue weighted by atomic mass is 16.2. The van der Waals surface area contributed by atoms with Crippen LogP contribution in [0.15, 0.2) is 36.4 Å². The first kappa shape index (κ1) is 13.9. The van der Waals surface area contributed by atoms with Gasteiger partial charge in [-0.05, 0) is 37.8 Å². The fourth-order valence-corrected chi connectivity index (χ4v) is 2.87. The second-order valence-corrected chi connectivity index (χ2v) is 5.80. The number of rotatable bonds is 5. The minimum absolute atomic E-state index is 0.146. The Bertz CT molecular complexity index is 633. The SMILES string of the molecule is Cc1cc(C)n(CCNC(=O)[C@H]2C[C@@H]2c2ccccc2)n1. The van der Waals surface area contributed by atoms with Crippen LogP contribution < -0.4 is 5.32 Å². The number of aryl methyl sites for hydroxylation is 2. The van der Waals surface area contributed by atoms with Crippen molar-refractivity contribution >= 4 is 5.91 Å². The molecule has 0 saturated heterocycles. The monoisotopic (exact) mass is 283 g/mol. The number of hydrogen-bond acceptors (Lipinski definition) is 2. The first-order valence-corrected chi connectivity index (χ1v) is 7.49. The highest BCUT2D eigenvalue weighted by Crippen LogP contribution is 2.47. The van der Waals surface area contributed by atoms with Crippen molar-refractivity contribution in [3.8, 4) is 0 Å². The lowest BCUT2D eigenvalue weighted by molar-refractivity contribution is -0.122. The van der Waals surface area contributed by atoms with E-state index in [0.717, 1.165) is 24.4 Å². The molecule has 110 valence electrons. The summed E-state index contributed by atoms with van der Waals surface area (Å²) in [6, 6.07) is 12.3. The number of nitrogens with zero attached hydrogens (tertiary/aromatic N) is 2. The van der Waals surface area contributed by atoms with Crippen LogP contribution in [0.2, 0.25) is 0 Å². The lowest BCUT2D eigenvalue weighted by Crippen LogP contribution is -2.29. The average Bonchev–Trinajstić information content (AvgIpc) is 3.21. The molecule has 0 bridgehead atoms. The number of nitrogens with one attached hydrogen (secondary N) is 1. The quantitative estimate of drug-likeness (QED) is 0.916. The largest absolute Gasteiger partial charge is 0.354 e. The molecule has 1 aliphatic carbocycles. The smallest absolute Gasteiger partial charge is 0.223 e. The third-order valence-electron chi connectivity index (χ3n) is 4.08. The first-order chi connectivity index (χ1) is 10.1. The van der Waals surface area contributed by atoms with E-state index in [1.807, 2.05) is 42.8 Å². The number of benzene rings is 1. The van der Waals surface area contributed by atoms with Crippen LogP contribution >= 0.6 is 0 Å². The van der Waals surface area contributed by atoms with E-state index in [2.05, 4.69) is 22.5 Å². The van der Waals surface area contributed by atoms with Gasteiger partial charge in [-0.3, -0.25) is 9.48 Å². The van der Waals surface area contributed by atoms with Crippen molar-refractivity contribution in [1.29, 1.82) is 0 Å². The summed E-state index contributed by atoms with van der Waals surface area (Å²) in [5, 5.41) is 7.42. The molecule has 0 spiro atoms. The van der Waals surface area contributed by atoms with Crippen LogP contribution in [0.1, 0.15) is 29.3 Å². The van der Waals surface area contributed by atoms with Crippen LogP contribution in [-0.4, -0.2) is 22.2 Å². The lowest BCUT2D eigenvalue weighted by atomic mass is 10.1. The molecule has 4 nitrogen and oxygen atoms in total. The summed E-state index contributed by atoms with van der Waals surface area (Å²) in [6.07, 6.45) is 0.968. The molecule has 1 saturated carbocycles. The van der Waals surface area contributed by atoms with Gasteiger partial charge in [-0.1, -0.05) is 30.3 Å². The van der Waals surface area contributed by atoms with Gasteiger partial charge >= 0.3 is 0 Å². The molecule has 1 fully saturated rings. The molecule has 1 aromatic carbocycles. The van der Waals surface area contributed by atoms with E-state index in [1.54, 1.807) is 0 Å². The van der Waals surface area contributed by atoms with Crippen LogP contribution in [0.4, 0.5) is 0 Å². The van der Waals surface area contributed by atoms with Gasteiger partial charge in [-0.25, -0.2) is 0 Å². The Balaban J connectivity index is 1.47. The van der Waals surface area contributed by atoms with Gasteiger partial charge in [0.15, 0.2) is 0 Å². The summed E-state index contributed by atoms with van der Waals surface area (Å²) in [5.74, 6) is 0.720. The molecule has 0 aliphatic heterocycles. The van der Waals surface area contributed by atoms with Crippen molar-refractivity contribution in [1.82, 2.24) is 15.1 Å². The summed E-state index contributed by atoms with van der Waals surface area (Å²) < 4.78 is 1.94. The zero-order valence-corrected chi connectivity index (χ0v) is 12.5. The standard InChI is InChI=1S/C17H21N3O/c1-12-10-13(2)20(19-12)9-8-18-17(21)16-11-15(16)14-6-4-3-5-7-14/h3-7,10,15-16H,8-9,11H2,1-2H3,(H,18,21)/t15-,16+/m1/s1. The van der Waals surface area contributed by atoms with E-state index in [4.69, 9.17) is 0 Å². The molecule has 2 aromatic rings. The van der Waals surface area contributed by atoms with E-state index < -0.39 is 0 Å². The molecule has 0 radical (unpaired) electrons. The van der Waals surface area contributed by atoms with Gasteiger partial charge in [-0.15, -0.1) is 0 Å². The minimum Gasteiger partial charge on any atom is -0.354 e. The summed E-state index contributed by atoms with van der Waals surface area (Å²) >= 11 is 0. The topological polar surface area (TPSA) is 46.9 Å². The Morgan fingerprint density at radius 1 is 1.33 bits per heavy atom. The second kappa shape index (κ2) is 5.72. The van der Waals surface area contributed by atoms with E-state index in [9.17, 15) is 4.79 Å². The fourth-order valence-electron chi connectivity index (χ4n) is 2.87. The van der Waals surface area contributed by atoms with Crippen molar-refractivity contribution in [3.05, 3.63) is 53.3 Å². The molecule has 1 aliphatic rings. The molecule has 21 heavy (non-hydrogen) atoms. The van der Waals surface area contributed by atoms with Gasteiger partial charge in [-0.2, -0.15) is 5.10 Å². The van der Waals surface area contributed by atoms with Gasteiger partial charge < -0.3 is 5.32 Å². The van der Waals surface area contributed by atoms with Gasteiger partial charge in [0.1, 0.15) is 0 Å². The highest BCUT2D eigenvalue weighted by molar-refractivity contribution is 5.82. The van der Waals surface area contributed by atoms with E-state index in [0.29, 0.717) is 12.5 Å². The fraction of sp³-hybridized carbons (Fsp3) is 0.412. The van der Waals surface area contributed by atoms with Gasteiger partial charge in [0.05, 0.1) is 12.2 Å². The van der Waals surface area contributed by atoms with Crippen molar-refractivity contribution in [2.24, 2.45) is 5.92 Å². The van der Waals surface area contributed by atoms with Crippen LogP contribution in [0.3, 0.4) is 0 Å². The number of carbonyl (C=O) groups excluding carboxylic acids is 1. The van der Waals surface area contributed by atoms with Crippen molar-refractivity contribution in [3.63, 3.8) is 0 Å². The van der Waals surface area contributed by atoms with Crippen LogP contribution in [0, 0.1) is 19.8 Å². The second-order valence-electron chi connectivity index (χ2n) is 5.80. The van der Waals surface area contributed by atoms with Crippen molar-refractivity contribution in [2.45, 2.75) is 32.7 Å².